The molecule has 0 amide bonds. The van der Waals surface area contributed by atoms with Crippen molar-refractivity contribution in [2.45, 2.75) is 251 Å². The van der Waals surface area contributed by atoms with Crippen molar-refractivity contribution in [2.24, 2.45) is 0 Å². The van der Waals surface area contributed by atoms with Gasteiger partial charge in [0.05, 0.1) is 29.9 Å². The van der Waals surface area contributed by atoms with Crippen molar-refractivity contribution in [3.8, 4) is 34.5 Å². The van der Waals surface area contributed by atoms with Gasteiger partial charge in [0.1, 0.15) is 80.0 Å². The van der Waals surface area contributed by atoms with Crippen molar-refractivity contribution in [3.05, 3.63) is 346 Å². The van der Waals surface area contributed by atoms with Gasteiger partial charge in [-0.25, -0.2) is 4.39 Å². The van der Waals surface area contributed by atoms with Gasteiger partial charge in [-0.15, -0.1) is 0 Å². The van der Waals surface area contributed by atoms with Gasteiger partial charge >= 0.3 is 0 Å². The Morgan fingerprint density at radius 3 is 0.861 bits per heavy atom. The predicted octanol–water partition coefficient (Wildman–Crippen LogP) is 34.5. The molecule has 0 radical (unpaired) electrons. The number of benzene rings is 12. The van der Waals surface area contributed by atoms with Crippen LogP contribution in [0.5, 0.6) is 34.5 Å². The molecule has 0 saturated carbocycles. The van der Waals surface area contributed by atoms with Crippen LogP contribution < -0.4 is 60.3 Å². The molecule has 0 spiro atoms. The highest BCUT2D eigenvalue weighted by atomic mass is 127. The van der Waals surface area contributed by atoms with Crippen molar-refractivity contribution >= 4 is 187 Å². The fourth-order valence-corrected chi connectivity index (χ4v) is 16.0. The van der Waals surface area contributed by atoms with Crippen LogP contribution in [0.1, 0.15) is 219 Å². The van der Waals surface area contributed by atoms with E-state index in [1.165, 1.54) is 82.0 Å². The summed E-state index contributed by atoms with van der Waals surface area (Å²) in [5.74, 6) is 5.12. The summed E-state index contributed by atoms with van der Waals surface area (Å²) in [6.45, 7) is 54.5. The lowest BCUT2D eigenvalue weighted by Gasteiger charge is -2.17. The Morgan fingerprint density at radius 2 is 0.504 bits per heavy atom. The largest absolute Gasteiger partial charge is 0.489 e. The monoisotopic (exact) mass is 2150 g/mol. The smallest absolute Gasteiger partial charge is 0.131 e. The Kier molecular flexibility index (Phi) is 47.6. The fraction of sp³-hybridized carbons (Fsp3) is 0.322. The molecule has 0 heterocycles. The van der Waals surface area contributed by atoms with Gasteiger partial charge in [0.15, 0.2) is 0 Å². The first-order chi connectivity index (χ1) is 65.1. The minimum Gasteiger partial charge on any atom is -0.489 e. The minimum absolute atomic E-state index is 0.157. The van der Waals surface area contributed by atoms with Crippen LogP contribution in [0.2, 0.25) is 5.02 Å². The van der Waals surface area contributed by atoms with Gasteiger partial charge in [-0.3, -0.25) is 0 Å². The highest BCUT2D eigenvalue weighted by molar-refractivity contribution is 14.1. The SMILES string of the molecule is CCC(=S)Nc1cccc(Br)c1COc1cc(C)c(C)cc1C.CCC(=S)Nc1cccc(C)c1COc1cc(C)c(C)cc1C.CCC(=S)Nc1cccc(Cl)c1COc1cc(C)c(C)cc1C.CCC(=S)Nc1cccc(F)c1COc1cc(C)c(C)cc1C.CCC(=S)Nc1cccc(I)c1COc1cc(C)c(C)cc1C.CCC(=S)Nc1ccccc1COc1cc(C)c(C)cc1C. The first kappa shape index (κ1) is 114. The minimum atomic E-state index is -0.296. The molecule has 12 nitrogen and oxygen atoms in total. The van der Waals surface area contributed by atoms with Gasteiger partial charge in [0.2, 0.25) is 0 Å². The van der Waals surface area contributed by atoms with Crippen LogP contribution in [0.25, 0.3) is 0 Å². The number of ether oxygens (including phenoxy) is 6. The number of halogens is 4. The number of para-hydroxylation sites is 1. The van der Waals surface area contributed by atoms with Gasteiger partial charge < -0.3 is 60.3 Å². The molecule has 22 heteroatoms. The van der Waals surface area contributed by atoms with Gasteiger partial charge in [-0.05, 0) is 395 Å². The number of aryl methyl sites for hydroxylation is 19. The first-order valence-electron chi connectivity index (χ1n) is 46.4. The van der Waals surface area contributed by atoms with Crippen molar-refractivity contribution in [1.29, 1.82) is 0 Å². The van der Waals surface area contributed by atoms with E-state index in [2.05, 4.69) is 299 Å². The average molecular weight is 2150 g/mol. The standard InChI is InChI=1S/C20H25NOS.C19H22BrNOS.C19H22ClNOS.C19H22FNOS.C19H22INOS.C19H23NOS/c1-6-20(23)21-18-9-7-8-13(2)17(18)12-22-19-11-15(4)14(3)10-16(19)5;4*1-5-19(23)21-17-8-6-7-16(20)15(17)11-22-18-10-13(3)12(2)9-14(18)4;1-5-19(22)20-17-9-7-6-8-16(17)12-21-18-11-14(3)13(2)10-15(18)4/h7-11H,6,12H2,1-5H3,(H,21,23);4*6-10H,5,11H2,1-4H3,(H,21,23);6-11H,5,12H2,1-4H3,(H,20,22). The summed E-state index contributed by atoms with van der Waals surface area (Å²) in [6.07, 6.45) is 4.82. The van der Waals surface area contributed by atoms with Crippen LogP contribution >= 0.6 is 123 Å². The molecule has 12 rings (SSSR count). The Morgan fingerprint density at radius 1 is 0.263 bits per heavy atom. The highest BCUT2D eigenvalue weighted by Crippen LogP contribution is 2.36. The Labute approximate surface area is 876 Å². The lowest BCUT2D eigenvalue weighted by atomic mass is 10.1. The van der Waals surface area contributed by atoms with Crippen LogP contribution in [0.4, 0.5) is 38.5 Å². The van der Waals surface area contributed by atoms with Crippen LogP contribution in [-0.2, 0) is 39.6 Å². The molecule has 6 N–H and O–H groups in total. The lowest BCUT2D eigenvalue weighted by molar-refractivity contribution is 0.298. The van der Waals surface area contributed by atoms with Gasteiger partial charge in [0.25, 0.3) is 0 Å². The Balaban J connectivity index is 0.000000224. The second-order valence-electron chi connectivity index (χ2n) is 34.2. The molecule has 0 aromatic heterocycles. The molecule has 0 unspecified atom stereocenters. The Bertz CT molecular complexity index is 5520. The zero-order chi connectivity index (χ0) is 101. The summed E-state index contributed by atoms with van der Waals surface area (Å²) in [7, 11) is 0. The molecule has 137 heavy (non-hydrogen) atoms. The molecule has 0 fully saturated rings. The first-order valence-corrected chi connectivity index (χ1v) is 51.1. The summed E-state index contributed by atoms with van der Waals surface area (Å²) < 4.78 is 52.6. The van der Waals surface area contributed by atoms with Gasteiger partial charge in [0, 0.05) is 80.6 Å². The second kappa shape index (κ2) is 57.1. The van der Waals surface area contributed by atoms with E-state index >= 15 is 0 Å². The van der Waals surface area contributed by atoms with Crippen molar-refractivity contribution in [2.75, 3.05) is 31.9 Å². The maximum absolute atomic E-state index is 14.2. The van der Waals surface area contributed by atoms with E-state index in [0.717, 1.165) is 186 Å². The van der Waals surface area contributed by atoms with E-state index < -0.39 is 0 Å². The van der Waals surface area contributed by atoms with Crippen LogP contribution in [0.3, 0.4) is 0 Å². The molecule has 0 aliphatic carbocycles. The third-order valence-corrected chi connectivity index (χ3v) is 27.9. The van der Waals surface area contributed by atoms with Crippen LogP contribution in [0, 0.1) is 141 Å². The summed E-state index contributed by atoms with van der Waals surface area (Å²) in [6, 6.07) is 62.6. The zero-order valence-corrected chi connectivity index (χ0v) is 93.7. The third-order valence-electron chi connectivity index (χ3n) is 23.5. The summed E-state index contributed by atoms with van der Waals surface area (Å²) in [5.41, 5.74) is 34.6. The van der Waals surface area contributed by atoms with Gasteiger partial charge in [-0.2, -0.15) is 0 Å². The molecule has 0 bridgehead atoms. The molecule has 0 atom stereocenters. The highest BCUT2D eigenvalue weighted by Gasteiger charge is 2.19. The fourth-order valence-electron chi connectivity index (χ4n) is 13.9. The third kappa shape index (κ3) is 35.8. The number of rotatable bonds is 30. The number of anilines is 6. The van der Waals surface area contributed by atoms with Crippen molar-refractivity contribution in [1.82, 2.24) is 0 Å². The maximum atomic E-state index is 14.2. The molecule has 0 aliphatic rings. The molecule has 726 valence electrons. The van der Waals surface area contributed by atoms with E-state index in [1.54, 1.807) is 6.07 Å². The number of thiocarbonyl (C=S) groups is 6. The second-order valence-corrected chi connectivity index (χ2v) is 39.6. The number of hydrogen-bond acceptors (Lipinski definition) is 12. The summed E-state index contributed by atoms with van der Waals surface area (Å²) in [4.78, 5) is 4.83. The van der Waals surface area contributed by atoms with E-state index in [1.807, 2.05) is 120 Å². The zero-order valence-electron chi connectivity index (χ0n) is 84.3. The molecular weight excluding hydrogens is 2010 g/mol. The maximum Gasteiger partial charge on any atom is 0.131 e. The quantitative estimate of drug-likeness (QED) is 0.0189. The number of nitrogens with one attached hydrogen (secondary N) is 6. The number of hydrogen-bond donors (Lipinski definition) is 6. The summed E-state index contributed by atoms with van der Waals surface area (Å²) in [5, 5.41) is 20.2. The Hall–Kier alpha value is -9.79. The normalized spacial score (nSPS) is 10.5. The topological polar surface area (TPSA) is 128 Å². The molecular formula is C115H136BrClFIN6O6S6. The molecule has 12 aromatic carbocycles. The lowest BCUT2D eigenvalue weighted by Crippen LogP contribution is -2.11. The summed E-state index contributed by atoms with van der Waals surface area (Å²) >= 11 is 44.0. The predicted molar refractivity (Wildman–Crippen MR) is 618 cm³/mol. The van der Waals surface area contributed by atoms with E-state index in [0.29, 0.717) is 60.7 Å². The van der Waals surface area contributed by atoms with E-state index in [9.17, 15) is 4.39 Å². The molecule has 0 aliphatic heterocycles. The van der Waals surface area contributed by atoms with Crippen LogP contribution in [0.15, 0.2) is 193 Å². The van der Waals surface area contributed by atoms with Crippen molar-refractivity contribution < 1.29 is 32.8 Å². The molecule has 0 saturated heterocycles. The van der Waals surface area contributed by atoms with Crippen LogP contribution in [-0.4, -0.2) is 29.9 Å². The average Bonchev–Trinajstić information content (AvgIpc) is 0.837. The van der Waals surface area contributed by atoms with E-state index in [4.69, 9.17) is 113 Å². The van der Waals surface area contributed by atoms with Gasteiger partial charge in [-0.1, -0.05) is 233 Å². The van der Waals surface area contributed by atoms with E-state index in [-0.39, 0.29) is 12.4 Å². The van der Waals surface area contributed by atoms with Crippen molar-refractivity contribution in [3.63, 3.8) is 0 Å². The molecule has 12 aromatic rings.